The van der Waals surface area contributed by atoms with Gasteiger partial charge in [-0.2, -0.15) is 0 Å². The SMILES string of the molecule is COCC1COc2cc(NC(=O)/C=C/c3ccc(C(C)(C)C)cc3)ccc2O1. The van der Waals surface area contributed by atoms with Crippen LogP contribution in [0.4, 0.5) is 5.69 Å². The summed E-state index contributed by atoms with van der Waals surface area (Å²) < 4.78 is 16.6. The summed E-state index contributed by atoms with van der Waals surface area (Å²) in [6.45, 7) is 7.42. The second-order valence-corrected chi connectivity index (χ2v) is 7.86. The lowest BCUT2D eigenvalue weighted by atomic mass is 9.87. The van der Waals surface area contributed by atoms with Crippen LogP contribution in [0, 0.1) is 0 Å². The molecule has 0 saturated heterocycles. The molecule has 148 valence electrons. The van der Waals surface area contributed by atoms with E-state index in [1.807, 2.05) is 12.1 Å². The van der Waals surface area contributed by atoms with Crippen molar-refractivity contribution < 1.29 is 19.0 Å². The molecule has 1 N–H and O–H groups in total. The molecule has 0 fully saturated rings. The van der Waals surface area contributed by atoms with Gasteiger partial charge < -0.3 is 19.5 Å². The van der Waals surface area contributed by atoms with Crippen LogP contribution in [0.5, 0.6) is 11.5 Å². The van der Waals surface area contributed by atoms with Crippen LogP contribution in [0.25, 0.3) is 6.08 Å². The van der Waals surface area contributed by atoms with E-state index in [0.29, 0.717) is 30.4 Å². The molecule has 2 aromatic rings. The highest BCUT2D eigenvalue weighted by atomic mass is 16.6. The normalized spacial score (nSPS) is 16.2. The Balaban J connectivity index is 1.60. The number of benzene rings is 2. The third kappa shape index (κ3) is 5.14. The summed E-state index contributed by atoms with van der Waals surface area (Å²) in [6.07, 6.45) is 3.21. The molecular formula is C23H27NO4. The number of ether oxygens (including phenoxy) is 3. The fourth-order valence-electron chi connectivity index (χ4n) is 2.91. The van der Waals surface area contributed by atoms with Gasteiger partial charge in [-0.15, -0.1) is 0 Å². The molecule has 0 radical (unpaired) electrons. The lowest BCUT2D eigenvalue weighted by Gasteiger charge is -2.26. The number of fused-ring (bicyclic) bond motifs is 1. The van der Waals surface area contributed by atoms with Gasteiger partial charge in [-0.25, -0.2) is 0 Å². The first-order chi connectivity index (χ1) is 13.3. The summed E-state index contributed by atoms with van der Waals surface area (Å²) in [4.78, 5) is 12.2. The van der Waals surface area contributed by atoms with E-state index in [1.54, 1.807) is 31.4 Å². The van der Waals surface area contributed by atoms with E-state index >= 15 is 0 Å². The molecule has 0 saturated carbocycles. The molecule has 1 atom stereocenters. The molecule has 5 nitrogen and oxygen atoms in total. The summed E-state index contributed by atoms with van der Waals surface area (Å²) in [5, 5.41) is 2.85. The standard InChI is InChI=1S/C23H27NO4/c1-23(2,3)17-8-5-16(6-9-17)7-12-22(25)24-18-10-11-20-21(13-18)27-15-19(28-20)14-26-4/h5-13,19H,14-15H2,1-4H3,(H,24,25)/b12-7+. The summed E-state index contributed by atoms with van der Waals surface area (Å²) in [5.74, 6) is 1.07. The maximum Gasteiger partial charge on any atom is 0.248 e. The molecule has 1 aliphatic heterocycles. The van der Waals surface area contributed by atoms with Gasteiger partial charge in [-0.1, -0.05) is 45.0 Å². The summed E-state index contributed by atoms with van der Waals surface area (Å²) in [5.41, 5.74) is 3.01. The van der Waals surface area contributed by atoms with E-state index in [-0.39, 0.29) is 17.4 Å². The Morgan fingerprint density at radius 1 is 1.18 bits per heavy atom. The number of hydrogen-bond acceptors (Lipinski definition) is 4. The lowest BCUT2D eigenvalue weighted by Crippen LogP contribution is -2.33. The first kappa shape index (κ1) is 20.0. The van der Waals surface area contributed by atoms with Gasteiger partial charge in [0.15, 0.2) is 17.6 Å². The van der Waals surface area contributed by atoms with Gasteiger partial charge in [-0.3, -0.25) is 4.79 Å². The molecule has 1 amide bonds. The van der Waals surface area contributed by atoms with Crippen LogP contribution in [0.2, 0.25) is 0 Å². The smallest absolute Gasteiger partial charge is 0.248 e. The minimum absolute atomic E-state index is 0.113. The number of hydrogen-bond donors (Lipinski definition) is 1. The first-order valence-corrected chi connectivity index (χ1v) is 9.37. The van der Waals surface area contributed by atoms with Crippen molar-refractivity contribution in [2.75, 3.05) is 25.6 Å². The molecule has 2 aromatic carbocycles. The summed E-state index contributed by atoms with van der Waals surface area (Å²) in [7, 11) is 1.63. The van der Waals surface area contributed by atoms with Crippen LogP contribution in [0.15, 0.2) is 48.5 Å². The van der Waals surface area contributed by atoms with E-state index < -0.39 is 0 Å². The van der Waals surface area contributed by atoms with Gasteiger partial charge in [0, 0.05) is 24.9 Å². The Hall–Kier alpha value is -2.79. The van der Waals surface area contributed by atoms with Crippen LogP contribution in [0.1, 0.15) is 31.9 Å². The number of nitrogens with one attached hydrogen (secondary N) is 1. The Morgan fingerprint density at radius 2 is 1.93 bits per heavy atom. The van der Waals surface area contributed by atoms with Crippen molar-refractivity contribution in [1.82, 2.24) is 0 Å². The average molecular weight is 381 g/mol. The van der Waals surface area contributed by atoms with Crippen LogP contribution in [0.3, 0.4) is 0 Å². The molecular weight excluding hydrogens is 354 g/mol. The van der Waals surface area contributed by atoms with Gasteiger partial charge >= 0.3 is 0 Å². The van der Waals surface area contributed by atoms with E-state index in [4.69, 9.17) is 14.2 Å². The van der Waals surface area contributed by atoms with Crippen molar-refractivity contribution in [2.45, 2.75) is 32.3 Å². The zero-order chi connectivity index (χ0) is 20.1. The molecule has 28 heavy (non-hydrogen) atoms. The number of anilines is 1. The summed E-state index contributed by atoms with van der Waals surface area (Å²) >= 11 is 0. The van der Waals surface area contributed by atoms with Crippen molar-refractivity contribution in [1.29, 1.82) is 0 Å². The van der Waals surface area contributed by atoms with Gasteiger partial charge in [0.2, 0.25) is 5.91 Å². The van der Waals surface area contributed by atoms with Crippen molar-refractivity contribution in [3.8, 4) is 11.5 Å². The van der Waals surface area contributed by atoms with Crippen molar-refractivity contribution in [3.05, 3.63) is 59.7 Å². The molecule has 0 bridgehead atoms. The van der Waals surface area contributed by atoms with Crippen LogP contribution in [-0.4, -0.2) is 32.3 Å². The monoisotopic (exact) mass is 381 g/mol. The predicted octanol–water partition coefficient (Wildman–Crippen LogP) is 4.42. The quantitative estimate of drug-likeness (QED) is 0.779. The highest BCUT2D eigenvalue weighted by Gasteiger charge is 2.21. The average Bonchev–Trinajstić information content (AvgIpc) is 2.66. The number of carbonyl (C=O) groups is 1. The molecule has 1 unspecified atom stereocenters. The van der Waals surface area contributed by atoms with E-state index in [0.717, 1.165) is 5.56 Å². The third-order valence-corrected chi connectivity index (χ3v) is 4.49. The minimum atomic E-state index is -0.200. The van der Waals surface area contributed by atoms with Crippen molar-refractivity contribution in [3.63, 3.8) is 0 Å². The van der Waals surface area contributed by atoms with Crippen LogP contribution >= 0.6 is 0 Å². The molecule has 0 spiro atoms. The first-order valence-electron chi connectivity index (χ1n) is 9.37. The maximum atomic E-state index is 12.2. The highest BCUT2D eigenvalue weighted by Crippen LogP contribution is 2.34. The van der Waals surface area contributed by atoms with Gasteiger partial charge in [0.25, 0.3) is 0 Å². The Kier molecular flexibility index (Phi) is 6.05. The molecule has 0 aliphatic carbocycles. The van der Waals surface area contributed by atoms with Crippen LogP contribution < -0.4 is 14.8 Å². The second kappa shape index (κ2) is 8.48. The van der Waals surface area contributed by atoms with E-state index in [2.05, 4.69) is 38.2 Å². The topological polar surface area (TPSA) is 56.8 Å². The van der Waals surface area contributed by atoms with Crippen LogP contribution in [-0.2, 0) is 14.9 Å². The lowest BCUT2D eigenvalue weighted by molar-refractivity contribution is -0.111. The van der Waals surface area contributed by atoms with Crippen molar-refractivity contribution in [2.24, 2.45) is 0 Å². The van der Waals surface area contributed by atoms with Gasteiger partial charge in [0.1, 0.15) is 6.61 Å². The molecule has 5 heteroatoms. The number of methoxy groups -OCH3 is 1. The molecule has 1 aliphatic rings. The third-order valence-electron chi connectivity index (χ3n) is 4.49. The zero-order valence-corrected chi connectivity index (χ0v) is 16.8. The predicted molar refractivity (Wildman–Crippen MR) is 111 cm³/mol. The number of amides is 1. The number of carbonyl (C=O) groups excluding carboxylic acids is 1. The Bertz CT molecular complexity index is 850. The molecule has 3 rings (SSSR count). The van der Waals surface area contributed by atoms with E-state index in [1.165, 1.54) is 11.6 Å². The van der Waals surface area contributed by atoms with Gasteiger partial charge in [0.05, 0.1) is 6.61 Å². The fraction of sp³-hybridized carbons (Fsp3) is 0.348. The largest absolute Gasteiger partial charge is 0.486 e. The fourth-order valence-corrected chi connectivity index (χ4v) is 2.91. The van der Waals surface area contributed by atoms with E-state index in [9.17, 15) is 4.79 Å². The Morgan fingerprint density at radius 3 is 2.61 bits per heavy atom. The van der Waals surface area contributed by atoms with Crippen molar-refractivity contribution >= 4 is 17.7 Å². The van der Waals surface area contributed by atoms with Gasteiger partial charge in [-0.05, 0) is 34.8 Å². The highest BCUT2D eigenvalue weighted by molar-refractivity contribution is 6.02. The zero-order valence-electron chi connectivity index (χ0n) is 16.8. The Labute approximate surface area is 166 Å². The molecule has 0 aromatic heterocycles. The minimum Gasteiger partial charge on any atom is -0.486 e. The second-order valence-electron chi connectivity index (χ2n) is 7.86. The number of rotatable bonds is 5. The molecule has 1 heterocycles. The summed E-state index contributed by atoms with van der Waals surface area (Å²) in [6, 6.07) is 13.6. The maximum absolute atomic E-state index is 12.2.